The zero-order valence-electron chi connectivity index (χ0n) is 11.1. The Morgan fingerprint density at radius 2 is 2.30 bits per heavy atom. The average Bonchev–Trinajstić information content (AvgIpc) is 2.87. The quantitative estimate of drug-likeness (QED) is 0.925. The molecular weight excluding hydrogens is 276 g/mol. The van der Waals surface area contributed by atoms with Crippen molar-refractivity contribution in [2.75, 3.05) is 13.1 Å². The third kappa shape index (κ3) is 2.57. The van der Waals surface area contributed by atoms with Gasteiger partial charge in [-0.1, -0.05) is 11.6 Å². The lowest BCUT2D eigenvalue weighted by molar-refractivity contribution is 0.247. The van der Waals surface area contributed by atoms with Crippen molar-refractivity contribution in [1.29, 1.82) is 0 Å². The van der Waals surface area contributed by atoms with Crippen molar-refractivity contribution < 1.29 is 0 Å². The first-order chi connectivity index (χ1) is 9.67. The van der Waals surface area contributed by atoms with Gasteiger partial charge in [-0.25, -0.2) is 4.98 Å². The molecule has 106 valence electrons. The monoisotopic (exact) mass is 292 g/mol. The average molecular weight is 293 g/mol. The number of fused-ring (bicyclic) bond motifs is 1. The first-order valence-corrected chi connectivity index (χ1v) is 7.17. The van der Waals surface area contributed by atoms with Crippen LogP contribution in [0.1, 0.15) is 18.5 Å². The number of likely N-dealkylation sites (tertiary alicyclic amines) is 1. The molecule has 0 amide bonds. The molecule has 0 aromatic carbocycles. The highest BCUT2D eigenvalue weighted by atomic mass is 35.5. The summed E-state index contributed by atoms with van der Waals surface area (Å²) in [5.74, 6) is 0. The van der Waals surface area contributed by atoms with Crippen LogP contribution in [0.4, 0.5) is 0 Å². The Hall–Kier alpha value is -1.43. The highest BCUT2D eigenvalue weighted by molar-refractivity contribution is 6.30. The Balaban J connectivity index is 1.93. The van der Waals surface area contributed by atoms with Gasteiger partial charge in [0.25, 0.3) is 5.56 Å². The molecule has 0 saturated carbocycles. The summed E-state index contributed by atoms with van der Waals surface area (Å²) in [4.78, 5) is 18.9. The number of pyridine rings is 1. The molecule has 5 nitrogen and oxygen atoms in total. The summed E-state index contributed by atoms with van der Waals surface area (Å²) in [5, 5.41) is 0.525. The first-order valence-electron chi connectivity index (χ1n) is 6.79. The topological polar surface area (TPSA) is 63.6 Å². The second-order valence-corrected chi connectivity index (χ2v) is 5.60. The lowest BCUT2D eigenvalue weighted by Gasteiger charge is -2.22. The van der Waals surface area contributed by atoms with Crippen LogP contribution in [-0.2, 0) is 6.54 Å². The van der Waals surface area contributed by atoms with Gasteiger partial charge in [0.15, 0.2) is 0 Å². The Labute approximate surface area is 122 Å². The number of aromatic nitrogens is 2. The summed E-state index contributed by atoms with van der Waals surface area (Å²) in [6, 6.07) is 5.49. The van der Waals surface area contributed by atoms with Gasteiger partial charge in [-0.15, -0.1) is 0 Å². The number of rotatable bonds is 3. The number of hydrogen-bond donors (Lipinski definition) is 1. The summed E-state index contributed by atoms with van der Waals surface area (Å²) < 4.78 is 1.47. The van der Waals surface area contributed by atoms with E-state index in [0.717, 1.165) is 25.1 Å². The van der Waals surface area contributed by atoms with Crippen molar-refractivity contribution in [3.8, 4) is 0 Å². The van der Waals surface area contributed by atoms with E-state index >= 15 is 0 Å². The highest BCUT2D eigenvalue weighted by Gasteiger charge is 2.23. The van der Waals surface area contributed by atoms with Gasteiger partial charge in [0.05, 0.1) is 10.7 Å². The fourth-order valence-corrected chi connectivity index (χ4v) is 2.95. The molecule has 1 aliphatic rings. The van der Waals surface area contributed by atoms with Crippen molar-refractivity contribution in [1.82, 2.24) is 14.3 Å². The Morgan fingerprint density at radius 1 is 1.45 bits per heavy atom. The fraction of sp³-hybridized carbons (Fsp3) is 0.429. The van der Waals surface area contributed by atoms with Gasteiger partial charge in [0.2, 0.25) is 0 Å². The maximum absolute atomic E-state index is 12.1. The van der Waals surface area contributed by atoms with Crippen LogP contribution in [0.2, 0.25) is 5.02 Å². The number of hydrogen-bond acceptors (Lipinski definition) is 4. The van der Waals surface area contributed by atoms with Crippen LogP contribution >= 0.6 is 11.6 Å². The van der Waals surface area contributed by atoms with E-state index in [9.17, 15) is 4.79 Å². The molecule has 2 aromatic rings. The molecule has 0 spiro atoms. The number of halogens is 1. The molecule has 0 aliphatic carbocycles. The molecular formula is C14H17ClN4O. The van der Waals surface area contributed by atoms with Crippen LogP contribution in [0.5, 0.6) is 0 Å². The van der Waals surface area contributed by atoms with Crippen molar-refractivity contribution in [2.24, 2.45) is 5.73 Å². The van der Waals surface area contributed by atoms with Crippen molar-refractivity contribution in [3.05, 3.63) is 45.5 Å². The Kier molecular flexibility index (Phi) is 3.74. The van der Waals surface area contributed by atoms with Crippen molar-refractivity contribution in [2.45, 2.75) is 25.4 Å². The van der Waals surface area contributed by atoms with Gasteiger partial charge in [-0.3, -0.25) is 14.1 Å². The maximum atomic E-state index is 12.1. The molecule has 0 radical (unpaired) electrons. The van der Waals surface area contributed by atoms with E-state index < -0.39 is 0 Å². The molecule has 2 aromatic heterocycles. The lowest BCUT2D eigenvalue weighted by atomic mass is 10.2. The van der Waals surface area contributed by atoms with Gasteiger partial charge in [0, 0.05) is 31.4 Å². The van der Waals surface area contributed by atoms with Crippen LogP contribution in [0.25, 0.3) is 5.65 Å². The van der Waals surface area contributed by atoms with E-state index in [-0.39, 0.29) is 5.56 Å². The third-order valence-electron chi connectivity index (χ3n) is 3.81. The van der Waals surface area contributed by atoms with E-state index in [1.54, 1.807) is 24.4 Å². The van der Waals surface area contributed by atoms with Crippen molar-refractivity contribution in [3.63, 3.8) is 0 Å². The number of nitrogens with zero attached hydrogens (tertiary/aromatic N) is 3. The molecule has 3 rings (SSSR count). The molecule has 2 N–H and O–H groups in total. The smallest absolute Gasteiger partial charge is 0.258 e. The largest absolute Gasteiger partial charge is 0.329 e. The summed E-state index contributed by atoms with van der Waals surface area (Å²) in [7, 11) is 0. The van der Waals surface area contributed by atoms with Crippen LogP contribution in [0, 0.1) is 0 Å². The molecule has 1 unspecified atom stereocenters. The second kappa shape index (κ2) is 5.52. The zero-order valence-corrected chi connectivity index (χ0v) is 11.9. The highest BCUT2D eigenvalue weighted by Crippen LogP contribution is 2.18. The zero-order chi connectivity index (χ0) is 14.1. The van der Waals surface area contributed by atoms with E-state index in [4.69, 9.17) is 17.3 Å². The van der Waals surface area contributed by atoms with Crippen molar-refractivity contribution >= 4 is 17.2 Å². The molecule has 20 heavy (non-hydrogen) atoms. The van der Waals surface area contributed by atoms with Crippen LogP contribution in [0.3, 0.4) is 0 Å². The van der Waals surface area contributed by atoms with Crippen LogP contribution in [-0.4, -0.2) is 33.4 Å². The van der Waals surface area contributed by atoms with E-state index in [2.05, 4.69) is 9.88 Å². The minimum Gasteiger partial charge on any atom is -0.329 e. The summed E-state index contributed by atoms with van der Waals surface area (Å²) in [6.45, 7) is 2.35. The molecule has 6 heteroatoms. The Bertz CT molecular complexity index is 684. The number of nitrogens with two attached hydrogens (primary N) is 1. The van der Waals surface area contributed by atoms with E-state index in [1.165, 1.54) is 4.40 Å². The summed E-state index contributed by atoms with van der Waals surface area (Å²) in [5.41, 5.74) is 7.09. The molecule has 1 aliphatic heterocycles. The van der Waals surface area contributed by atoms with Crippen LogP contribution in [0.15, 0.2) is 29.2 Å². The van der Waals surface area contributed by atoms with Gasteiger partial charge in [0.1, 0.15) is 5.65 Å². The third-order valence-corrected chi connectivity index (χ3v) is 4.04. The van der Waals surface area contributed by atoms with E-state index in [0.29, 0.717) is 29.8 Å². The molecule has 1 fully saturated rings. The SMILES string of the molecule is NCC1CCCN1Cc1cc(=O)n2cc(Cl)ccc2n1. The fourth-order valence-electron chi connectivity index (χ4n) is 2.79. The van der Waals surface area contributed by atoms with Gasteiger partial charge >= 0.3 is 0 Å². The normalized spacial score (nSPS) is 19.8. The first kappa shape index (κ1) is 13.5. The van der Waals surface area contributed by atoms with Gasteiger partial charge in [-0.05, 0) is 31.5 Å². The van der Waals surface area contributed by atoms with Gasteiger partial charge in [-0.2, -0.15) is 0 Å². The predicted molar refractivity (Wildman–Crippen MR) is 79.0 cm³/mol. The van der Waals surface area contributed by atoms with Gasteiger partial charge < -0.3 is 5.73 Å². The van der Waals surface area contributed by atoms with Crippen LogP contribution < -0.4 is 11.3 Å². The van der Waals surface area contributed by atoms with E-state index in [1.807, 2.05) is 0 Å². The summed E-state index contributed by atoms with van der Waals surface area (Å²) in [6.07, 6.45) is 3.87. The molecule has 1 saturated heterocycles. The maximum Gasteiger partial charge on any atom is 0.258 e. The summed E-state index contributed by atoms with van der Waals surface area (Å²) >= 11 is 5.90. The molecule has 3 heterocycles. The predicted octanol–water partition coefficient (Wildman–Crippen LogP) is 1.27. The molecule has 1 atom stereocenters. The molecule has 0 bridgehead atoms. The Morgan fingerprint density at radius 3 is 3.10 bits per heavy atom. The standard InChI is InChI=1S/C14H17ClN4O/c15-10-3-4-13-17-11(6-14(20)19(13)8-10)9-18-5-1-2-12(18)7-16/h3-4,6,8,12H,1-2,5,7,9,16H2. The second-order valence-electron chi connectivity index (χ2n) is 5.16. The lowest BCUT2D eigenvalue weighted by Crippen LogP contribution is -2.35. The minimum absolute atomic E-state index is 0.101. The minimum atomic E-state index is -0.101.